The van der Waals surface area contributed by atoms with Crippen molar-refractivity contribution >= 4 is 21.7 Å². The van der Waals surface area contributed by atoms with Gasteiger partial charge in [-0.2, -0.15) is 8.42 Å². The van der Waals surface area contributed by atoms with Crippen LogP contribution in [0.3, 0.4) is 0 Å². The van der Waals surface area contributed by atoms with Crippen molar-refractivity contribution in [1.29, 1.82) is 0 Å². The van der Waals surface area contributed by atoms with Crippen molar-refractivity contribution in [3.8, 4) is 5.75 Å². The second-order valence-corrected chi connectivity index (χ2v) is 9.05. The monoisotopic (exact) mass is 394 g/mol. The summed E-state index contributed by atoms with van der Waals surface area (Å²) in [5.74, 6) is 1.08. The smallest absolute Gasteiger partial charge is 0.297 e. The molecule has 0 fully saturated rings. The van der Waals surface area contributed by atoms with Crippen LogP contribution >= 0.6 is 11.6 Å². The molecule has 26 heavy (non-hydrogen) atoms. The molecule has 3 rings (SSSR count). The third-order valence-corrected chi connectivity index (χ3v) is 6.37. The first kappa shape index (κ1) is 19.2. The number of fused-ring (bicyclic) bond motifs is 1. The molecule has 1 unspecified atom stereocenters. The number of halogens is 1. The van der Waals surface area contributed by atoms with E-state index < -0.39 is 10.1 Å². The summed E-state index contributed by atoms with van der Waals surface area (Å²) in [7, 11) is -3.80. The summed E-state index contributed by atoms with van der Waals surface area (Å²) in [5.41, 5.74) is 4.06. The van der Waals surface area contributed by atoms with E-state index in [1.807, 2.05) is 19.9 Å². The summed E-state index contributed by atoms with van der Waals surface area (Å²) < 4.78 is 36.0. The van der Waals surface area contributed by atoms with Gasteiger partial charge in [-0.15, -0.1) is 0 Å². The Balaban J connectivity index is 1.76. The van der Waals surface area contributed by atoms with Crippen molar-refractivity contribution in [1.82, 2.24) is 0 Å². The topological polar surface area (TPSA) is 52.6 Å². The molecule has 0 saturated carbocycles. The average molecular weight is 395 g/mol. The number of aryl methyl sites for hydroxylation is 1. The predicted octanol–water partition coefficient (Wildman–Crippen LogP) is 4.79. The van der Waals surface area contributed by atoms with Gasteiger partial charge in [0.25, 0.3) is 10.1 Å². The van der Waals surface area contributed by atoms with Crippen LogP contribution in [0.25, 0.3) is 0 Å². The summed E-state index contributed by atoms with van der Waals surface area (Å²) >= 11 is 6.35. The van der Waals surface area contributed by atoms with Crippen molar-refractivity contribution in [2.75, 3.05) is 6.61 Å². The van der Waals surface area contributed by atoms with Gasteiger partial charge in [-0.25, -0.2) is 0 Å². The first-order valence-electron chi connectivity index (χ1n) is 8.63. The Morgan fingerprint density at radius 3 is 2.50 bits per heavy atom. The molecule has 0 aliphatic carbocycles. The van der Waals surface area contributed by atoms with Crippen molar-refractivity contribution in [3.05, 3.63) is 57.6 Å². The summed E-state index contributed by atoms with van der Waals surface area (Å²) in [6, 6.07) is 8.54. The second kappa shape index (κ2) is 7.22. The molecule has 2 aromatic rings. The van der Waals surface area contributed by atoms with Crippen LogP contribution in [0.4, 0.5) is 0 Å². The molecular weight excluding hydrogens is 372 g/mol. The van der Waals surface area contributed by atoms with E-state index >= 15 is 0 Å². The fourth-order valence-corrected chi connectivity index (χ4v) is 4.25. The number of benzene rings is 2. The molecule has 140 valence electrons. The van der Waals surface area contributed by atoms with Gasteiger partial charge in [0, 0.05) is 17.0 Å². The third kappa shape index (κ3) is 3.75. The van der Waals surface area contributed by atoms with Crippen LogP contribution < -0.4 is 4.74 Å². The summed E-state index contributed by atoms with van der Waals surface area (Å²) in [4.78, 5) is 0.153. The highest BCUT2D eigenvalue weighted by Gasteiger charge is 2.30. The quantitative estimate of drug-likeness (QED) is 0.684. The standard InChI is InChI=1S/C20H23ClO4S/c1-12(2)17-10-19(21)14(4)18-9-15(25-20(17)18)11-24-26(22,23)16-7-5-13(3)6-8-16/h5-8,10,12,15H,9,11H2,1-4H3. The van der Waals surface area contributed by atoms with E-state index in [1.165, 1.54) is 0 Å². The maximum absolute atomic E-state index is 12.4. The molecule has 1 atom stereocenters. The van der Waals surface area contributed by atoms with Gasteiger partial charge in [0.2, 0.25) is 0 Å². The average Bonchev–Trinajstić information content (AvgIpc) is 3.01. The van der Waals surface area contributed by atoms with Gasteiger partial charge in [0.05, 0.1) is 4.90 Å². The lowest BCUT2D eigenvalue weighted by Gasteiger charge is -2.15. The van der Waals surface area contributed by atoms with Crippen LogP contribution in [0.2, 0.25) is 5.02 Å². The first-order chi connectivity index (χ1) is 12.2. The Morgan fingerprint density at radius 1 is 1.23 bits per heavy atom. The molecular formula is C20H23ClO4S. The highest BCUT2D eigenvalue weighted by Crippen LogP contribution is 2.41. The molecule has 0 N–H and O–H groups in total. The Morgan fingerprint density at radius 2 is 1.88 bits per heavy atom. The van der Waals surface area contributed by atoms with E-state index in [4.69, 9.17) is 20.5 Å². The largest absolute Gasteiger partial charge is 0.487 e. The normalized spacial score (nSPS) is 16.6. The van der Waals surface area contributed by atoms with Gasteiger partial charge in [0.1, 0.15) is 18.5 Å². The summed E-state index contributed by atoms with van der Waals surface area (Å²) in [5, 5.41) is 0.713. The highest BCUT2D eigenvalue weighted by atomic mass is 35.5. The molecule has 1 aliphatic heterocycles. The van der Waals surface area contributed by atoms with Crippen molar-refractivity contribution in [3.63, 3.8) is 0 Å². The van der Waals surface area contributed by atoms with Crippen LogP contribution in [-0.4, -0.2) is 21.1 Å². The van der Waals surface area contributed by atoms with E-state index in [9.17, 15) is 8.42 Å². The van der Waals surface area contributed by atoms with Crippen LogP contribution in [0.15, 0.2) is 35.2 Å². The minimum Gasteiger partial charge on any atom is -0.487 e. The molecule has 1 heterocycles. The van der Waals surface area contributed by atoms with E-state index in [-0.39, 0.29) is 23.5 Å². The summed E-state index contributed by atoms with van der Waals surface area (Å²) in [6.07, 6.45) is 0.241. The van der Waals surface area contributed by atoms with Gasteiger partial charge in [-0.3, -0.25) is 4.18 Å². The van der Waals surface area contributed by atoms with E-state index in [2.05, 4.69) is 13.8 Å². The van der Waals surface area contributed by atoms with Crippen LogP contribution in [0.5, 0.6) is 5.75 Å². The van der Waals surface area contributed by atoms with Crippen LogP contribution in [0.1, 0.15) is 42.0 Å². The minimum absolute atomic E-state index is 0.0283. The minimum atomic E-state index is -3.80. The summed E-state index contributed by atoms with van der Waals surface area (Å²) in [6.45, 7) is 7.99. The zero-order chi connectivity index (χ0) is 19.1. The Hall–Kier alpha value is -1.56. The predicted molar refractivity (Wildman–Crippen MR) is 103 cm³/mol. The Bertz CT molecular complexity index is 918. The number of ether oxygens (including phenoxy) is 1. The molecule has 0 aromatic heterocycles. The van der Waals surface area contributed by atoms with Gasteiger partial charge >= 0.3 is 0 Å². The fraction of sp³-hybridized carbons (Fsp3) is 0.400. The van der Waals surface area contributed by atoms with Crippen molar-refractivity contribution in [2.24, 2.45) is 0 Å². The van der Waals surface area contributed by atoms with E-state index in [1.54, 1.807) is 24.3 Å². The first-order valence-corrected chi connectivity index (χ1v) is 10.4. The fourth-order valence-electron chi connectivity index (χ4n) is 3.08. The van der Waals surface area contributed by atoms with E-state index in [0.717, 1.165) is 28.0 Å². The Labute approximate surface area is 160 Å². The molecule has 2 aromatic carbocycles. The lowest BCUT2D eigenvalue weighted by molar-refractivity contribution is 0.151. The van der Waals surface area contributed by atoms with Crippen LogP contribution in [-0.2, 0) is 20.7 Å². The van der Waals surface area contributed by atoms with Gasteiger partial charge in [-0.1, -0.05) is 43.1 Å². The maximum atomic E-state index is 12.4. The maximum Gasteiger partial charge on any atom is 0.297 e. The lowest BCUT2D eigenvalue weighted by Crippen LogP contribution is -2.23. The van der Waals surface area contributed by atoms with Crippen molar-refractivity contribution < 1.29 is 17.3 Å². The van der Waals surface area contributed by atoms with E-state index in [0.29, 0.717) is 11.4 Å². The SMILES string of the molecule is Cc1ccc(S(=O)(=O)OCC2Cc3c(C)c(Cl)cc(C(C)C)c3O2)cc1. The van der Waals surface area contributed by atoms with Gasteiger partial charge < -0.3 is 4.74 Å². The van der Waals surface area contributed by atoms with Gasteiger partial charge in [0.15, 0.2) is 0 Å². The third-order valence-electron chi connectivity index (χ3n) is 4.69. The number of rotatable bonds is 5. The van der Waals surface area contributed by atoms with Crippen molar-refractivity contribution in [2.45, 2.75) is 51.0 Å². The molecule has 4 nitrogen and oxygen atoms in total. The molecule has 0 bridgehead atoms. The molecule has 0 amide bonds. The highest BCUT2D eigenvalue weighted by molar-refractivity contribution is 7.86. The number of hydrogen-bond acceptors (Lipinski definition) is 4. The zero-order valence-electron chi connectivity index (χ0n) is 15.4. The molecule has 0 saturated heterocycles. The molecule has 0 radical (unpaired) electrons. The lowest BCUT2D eigenvalue weighted by atomic mass is 9.95. The second-order valence-electron chi connectivity index (χ2n) is 7.03. The Kier molecular flexibility index (Phi) is 5.33. The molecule has 0 spiro atoms. The molecule has 1 aliphatic rings. The van der Waals surface area contributed by atoms with Crippen LogP contribution in [0, 0.1) is 13.8 Å². The zero-order valence-corrected chi connectivity index (χ0v) is 16.9. The molecule has 6 heteroatoms. The van der Waals surface area contributed by atoms with Gasteiger partial charge in [-0.05, 0) is 49.1 Å². The number of hydrogen-bond donors (Lipinski definition) is 0.